The first-order chi connectivity index (χ1) is 15.6. The molecule has 3 rings (SSSR count). The van der Waals surface area contributed by atoms with Gasteiger partial charge in [0, 0.05) is 39.8 Å². The van der Waals surface area contributed by atoms with Gasteiger partial charge in [-0.05, 0) is 30.2 Å². The second-order valence-corrected chi connectivity index (χ2v) is 8.32. The van der Waals surface area contributed by atoms with Crippen molar-refractivity contribution in [2.45, 2.75) is 19.6 Å². The molecule has 0 saturated carbocycles. The predicted octanol–water partition coefficient (Wildman–Crippen LogP) is 3.23. The highest BCUT2D eigenvalue weighted by atomic mass is 19.4. The van der Waals surface area contributed by atoms with E-state index in [1.807, 2.05) is 17.0 Å². The highest BCUT2D eigenvalue weighted by Crippen LogP contribution is 2.34. The fourth-order valence-electron chi connectivity index (χ4n) is 3.78. The van der Waals surface area contributed by atoms with Crippen molar-refractivity contribution in [2.24, 2.45) is 0 Å². The summed E-state index contributed by atoms with van der Waals surface area (Å²) in [7, 11) is 1.48. The van der Waals surface area contributed by atoms with Crippen molar-refractivity contribution in [1.82, 2.24) is 14.7 Å². The second kappa shape index (κ2) is 10.8. The van der Waals surface area contributed by atoms with Crippen molar-refractivity contribution >= 4 is 17.5 Å². The Morgan fingerprint density at radius 2 is 1.58 bits per heavy atom. The maximum Gasteiger partial charge on any atom is 0.418 e. The Hall–Kier alpha value is -2.91. The maximum absolute atomic E-state index is 13.1. The van der Waals surface area contributed by atoms with E-state index < -0.39 is 17.6 Å². The van der Waals surface area contributed by atoms with Gasteiger partial charge in [0.05, 0.1) is 24.3 Å². The zero-order valence-electron chi connectivity index (χ0n) is 18.9. The molecule has 0 aromatic heterocycles. The molecule has 1 aliphatic heterocycles. The third-order valence-corrected chi connectivity index (χ3v) is 5.79. The molecule has 0 radical (unpaired) electrons. The smallest absolute Gasteiger partial charge is 0.335 e. The number of benzene rings is 2. The molecule has 9 heteroatoms. The molecule has 0 unspecified atom stereocenters. The number of aryl methyl sites for hydroxylation is 1. The molecule has 1 heterocycles. The van der Waals surface area contributed by atoms with Crippen LogP contribution in [0.2, 0.25) is 0 Å². The van der Waals surface area contributed by atoms with E-state index in [9.17, 15) is 22.8 Å². The number of nitrogens with zero attached hydrogens (tertiary/aromatic N) is 3. The quantitative estimate of drug-likeness (QED) is 0.687. The highest BCUT2D eigenvalue weighted by Gasteiger charge is 2.33. The molecule has 2 amide bonds. The molecule has 1 saturated heterocycles. The average molecular weight is 463 g/mol. The molecule has 178 valence electrons. The van der Waals surface area contributed by atoms with E-state index in [4.69, 9.17) is 0 Å². The van der Waals surface area contributed by atoms with Gasteiger partial charge >= 0.3 is 6.18 Å². The number of carbonyl (C=O) groups excluding carboxylic acids is 2. The van der Waals surface area contributed by atoms with Gasteiger partial charge < -0.3 is 10.2 Å². The van der Waals surface area contributed by atoms with E-state index in [0.29, 0.717) is 0 Å². The maximum atomic E-state index is 13.1. The Morgan fingerprint density at radius 3 is 2.24 bits per heavy atom. The SMILES string of the molecule is Cc1ccccc1CN1CCN(CC(=O)N(C)CC(=O)Nc2ccccc2C(F)(F)F)CC1. The molecule has 2 aromatic carbocycles. The number of carbonyl (C=O) groups is 2. The van der Waals surface area contributed by atoms with Gasteiger partial charge in [-0.15, -0.1) is 0 Å². The Bertz CT molecular complexity index is 972. The standard InChI is InChI=1S/C24H29F3N4O2/c1-18-7-3-4-8-19(18)15-30-11-13-31(14-12-30)17-23(33)29(2)16-22(32)28-21-10-6-5-9-20(21)24(25,26)27/h3-10H,11-17H2,1-2H3,(H,28,32). The summed E-state index contributed by atoms with van der Waals surface area (Å²) in [6.07, 6.45) is -4.58. The number of amides is 2. The molecule has 0 bridgehead atoms. The van der Waals surface area contributed by atoms with Crippen molar-refractivity contribution < 1.29 is 22.8 Å². The van der Waals surface area contributed by atoms with Gasteiger partial charge in [-0.25, -0.2) is 0 Å². The van der Waals surface area contributed by atoms with Gasteiger partial charge in [-0.2, -0.15) is 13.2 Å². The van der Waals surface area contributed by atoms with Crippen LogP contribution < -0.4 is 5.32 Å². The molecule has 0 aliphatic carbocycles. The molecule has 1 N–H and O–H groups in total. The van der Waals surface area contributed by atoms with Crippen molar-refractivity contribution in [3.63, 3.8) is 0 Å². The summed E-state index contributed by atoms with van der Waals surface area (Å²) in [6, 6.07) is 13.0. The Balaban J connectivity index is 1.45. The minimum Gasteiger partial charge on any atom is -0.335 e. The van der Waals surface area contributed by atoms with Gasteiger partial charge in [-0.3, -0.25) is 19.4 Å². The highest BCUT2D eigenvalue weighted by molar-refractivity contribution is 5.95. The lowest BCUT2D eigenvalue weighted by molar-refractivity contribution is -0.137. The van der Waals surface area contributed by atoms with Crippen molar-refractivity contribution in [3.8, 4) is 0 Å². The summed E-state index contributed by atoms with van der Waals surface area (Å²) in [5.41, 5.74) is 1.31. The van der Waals surface area contributed by atoms with Crippen LogP contribution in [0.5, 0.6) is 0 Å². The minimum atomic E-state index is -4.58. The summed E-state index contributed by atoms with van der Waals surface area (Å²) in [4.78, 5) is 30.4. The number of halogens is 3. The monoisotopic (exact) mass is 462 g/mol. The van der Waals surface area contributed by atoms with E-state index in [1.165, 1.54) is 41.3 Å². The van der Waals surface area contributed by atoms with Crippen molar-refractivity contribution in [2.75, 3.05) is 51.6 Å². The fourth-order valence-corrected chi connectivity index (χ4v) is 3.78. The zero-order valence-corrected chi connectivity index (χ0v) is 18.9. The third kappa shape index (κ3) is 7.03. The van der Waals surface area contributed by atoms with Gasteiger partial charge in [0.25, 0.3) is 0 Å². The summed E-state index contributed by atoms with van der Waals surface area (Å²) >= 11 is 0. The number of hydrogen-bond acceptors (Lipinski definition) is 4. The largest absolute Gasteiger partial charge is 0.418 e. The predicted molar refractivity (Wildman–Crippen MR) is 121 cm³/mol. The van der Waals surface area contributed by atoms with E-state index in [1.54, 1.807) is 0 Å². The van der Waals surface area contributed by atoms with E-state index >= 15 is 0 Å². The van der Waals surface area contributed by atoms with Crippen LogP contribution in [-0.2, 0) is 22.3 Å². The number of likely N-dealkylation sites (N-methyl/N-ethyl adjacent to an activating group) is 1. The van der Waals surface area contributed by atoms with Crippen molar-refractivity contribution in [1.29, 1.82) is 0 Å². The summed E-state index contributed by atoms with van der Waals surface area (Å²) < 4.78 is 39.3. The van der Waals surface area contributed by atoms with E-state index in [0.717, 1.165) is 38.8 Å². The lowest BCUT2D eigenvalue weighted by Crippen LogP contribution is -2.50. The van der Waals surface area contributed by atoms with Crippen LogP contribution in [0.1, 0.15) is 16.7 Å². The van der Waals surface area contributed by atoms with Crippen LogP contribution in [-0.4, -0.2) is 72.8 Å². The first-order valence-corrected chi connectivity index (χ1v) is 10.8. The minimum absolute atomic E-state index is 0.168. The Labute approximate surface area is 192 Å². The van der Waals surface area contributed by atoms with E-state index in [2.05, 4.69) is 29.3 Å². The number of alkyl halides is 3. The average Bonchev–Trinajstić information content (AvgIpc) is 2.76. The van der Waals surface area contributed by atoms with Gasteiger partial charge in [0.1, 0.15) is 0 Å². The van der Waals surface area contributed by atoms with Crippen LogP contribution >= 0.6 is 0 Å². The molecule has 0 atom stereocenters. The molecular formula is C24H29F3N4O2. The van der Waals surface area contributed by atoms with Gasteiger partial charge in [0.15, 0.2) is 0 Å². The third-order valence-electron chi connectivity index (χ3n) is 5.79. The second-order valence-electron chi connectivity index (χ2n) is 8.32. The molecule has 33 heavy (non-hydrogen) atoms. The topological polar surface area (TPSA) is 55.9 Å². The Kier molecular flexibility index (Phi) is 8.10. The van der Waals surface area contributed by atoms with Crippen LogP contribution in [0.15, 0.2) is 48.5 Å². The number of rotatable bonds is 7. The van der Waals surface area contributed by atoms with Crippen LogP contribution in [0.4, 0.5) is 18.9 Å². The summed E-state index contributed by atoms with van der Waals surface area (Å²) in [6.45, 7) is 5.94. The van der Waals surface area contributed by atoms with Gasteiger partial charge in [0.2, 0.25) is 11.8 Å². The fraction of sp³-hybridized carbons (Fsp3) is 0.417. The molecule has 1 aliphatic rings. The molecule has 0 spiro atoms. The first-order valence-electron chi connectivity index (χ1n) is 10.8. The van der Waals surface area contributed by atoms with Crippen molar-refractivity contribution in [3.05, 3.63) is 65.2 Å². The molecule has 6 nitrogen and oxygen atoms in total. The van der Waals surface area contributed by atoms with Crippen LogP contribution in [0.25, 0.3) is 0 Å². The van der Waals surface area contributed by atoms with Crippen LogP contribution in [0.3, 0.4) is 0 Å². The number of hydrogen-bond donors (Lipinski definition) is 1. The lowest BCUT2D eigenvalue weighted by Gasteiger charge is -2.35. The van der Waals surface area contributed by atoms with Crippen LogP contribution in [0, 0.1) is 6.92 Å². The normalized spacial score (nSPS) is 15.3. The number of piperazine rings is 1. The number of anilines is 1. The molecular weight excluding hydrogens is 433 g/mol. The summed E-state index contributed by atoms with van der Waals surface area (Å²) in [5, 5.41) is 2.27. The zero-order chi connectivity index (χ0) is 24.0. The van der Waals surface area contributed by atoms with Gasteiger partial charge in [-0.1, -0.05) is 36.4 Å². The first kappa shape index (κ1) is 24.7. The summed E-state index contributed by atoms with van der Waals surface area (Å²) in [5.74, 6) is -0.924. The Morgan fingerprint density at radius 1 is 0.970 bits per heavy atom. The molecule has 1 fully saturated rings. The number of para-hydroxylation sites is 1. The van der Waals surface area contributed by atoms with E-state index in [-0.39, 0.29) is 24.7 Å². The number of nitrogens with one attached hydrogen (secondary N) is 1. The lowest BCUT2D eigenvalue weighted by atomic mass is 10.1. The molecule has 2 aromatic rings.